The number of nitrogens with zero attached hydrogens (tertiary/aromatic N) is 5. The van der Waals surface area contributed by atoms with Crippen LogP contribution in [0.2, 0.25) is 0 Å². The highest BCUT2D eigenvalue weighted by Gasteiger charge is 2.25. The molecule has 34 heavy (non-hydrogen) atoms. The molecule has 8 nitrogen and oxygen atoms in total. The van der Waals surface area contributed by atoms with Crippen molar-refractivity contribution in [1.82, 2.24) is 20.0 Å². The normalized spacial score (nSPS) is 14.1. The first kappa shape index (κ1) is 25.5. The van der Waals surface area contributed by atoms with Crippen molar-refractivity contribution in [2.45, 2.75) is 40.0 Å². The second-order valence-electron chi connectivity index (χ2n) is 8.99. The van der Waals surface area contributed by atoms with Crippen LogP contribution in [0.5, 0.6) is 5.75 Å². The Morgan fingerprint density at radius 2 is 1.79 bits per heavy atom. The van der Waals surface area contributed by atoms with Gasteiger partial charge in [-0.1, -0.05) is 27.2 Å². The number of amides is 2. The Labute approximate surface area is 202 Å². The summed E-state index contributed by atoms with van der Waals surface area (Å²) in [5.74, 6) is 1.58. The SMILES string of the molecule is CCCCN(CC(=O)N1CCCN(c2ccc(-c3ccc(OC)cc3)nn2)CC1)C(=O)C(C)C. The van der Waals surface area contributed by atoms with Gasteiger partial charge in [0, 0.05) is 44.2 Å². The lowest BCUT2D eigenvalue weighted by atomic mass is 10.1. The molecular weight excluding hydrogens is 430 g/mol. The molecule has 3 rings (SSSR count). The number of hydrogen-bond acceptors (Lipinski definition) is 6. The zero-order chi connectivity index (χ0) is 24.5. The van der Waals surface area contributed by atoms with Gasteiger partial charge in [0.05, 0.1) is 19.3 Å². The van der Waals surface area contributed by atoms with Gasteiger partial charge in [-0.25, -0.2) is 0 Å². The molecule has 0 unspecified atom stereocenters. The van der Waals surface area contributed by atoms with Gasteiger partial charge >= 0.3 is 0 Å². The fourth-order valence-corrected chi connectivity index (χ4v) is 4.05. The van der Waals surface area contributed by atoms with Crippen molar-refractivity contribution in [2.75, 3.05) is 51.3 Å². The van der Waals surface area contributed by atoms with Crippen molar-refractivity contribution >= 4 is 17.6 Å². The summed E-state index contributed by atoms with van der Waals surface area (Å²) in [7, 11) is 1.65. The Morgan fingerprint density at radius 1 is 1.03 bits per heavy atom. The molecule has 0 atom stereocenters. The summed E-state index contributed by atoms with van der Waals surface area (Å²) >= 11 is 0. The molecule has 0 saturated carbocycles. The number of carbonyl (C=O) groups excluding carboxylic acids is 2. The zero-order valence-corrected chi connectivity index (χ0v) is 20.9. The molecule has 0 aliphatic carbocycles. The minimum Gasteiger partial charge on any atom is -0.497 e. The average molecular weight is 468 g/mol. The van der Waals surface area contributed by atoms with Crippen molar-refractivity contribution < 1.29 is 14.3 Å². The molecule has 0 radical (unpaired) electrons. The summed E-state index contributed by atoms with van der Waals surface area (Å²) in [6.45, 7) is 9.45. The van der Waals surface area contributed by atoms with Gasteiger partial charge in [-0.05, 0) is 49.2 Å². The maximum atomic E-state index is 13.0. The van der Waals surface area contributed by atoms with E-state index in [1.807, 2.05) is 55.1 Å². The van der Waals surface area contributed by atoms with Crippen molar-refractivity contribution in [3.05, 3.63) is 36.4 Å². The molecule has 8 heteroatoms. The number of anilines is 1. The maximum absolute atomic E-state index is 13.0. The van der Waals surface area contributed by atoms with E-state index in [0.717, 1.165) is 48.6 Å². The third kappa shape index (κ3) is 6.68. The van der Waals surface area contributed by atoms with E-state index in [9.17, 15) is 9.59 Å². The average Bonchev–Trinajstić information content (AvgIpc) is 3.12. The number of methoxy groups -OCH3 is 1. The molecule has 0 bridgehead atoms. The Balaban J connectivity index is 1.59. The summed E-state index contributed by atoms with van der Waals surface area (Å²) < 4.78 is 5.21. The van der Waals surface area contributed by atoms with E-state index in [1.165, 1.54) is 0 Å². The van der Waals surface area contributed by atoms with Crippen LogP contribution in [0.4, 0.5) is 5.82 Å². The van der Waals surface area contributed by atoms with Crippen LogP contribution in [0.15, 0.2) is 36.4 Å². The second-order valence-corrected chi connectivity index (χ2v) is 8.99. The number of hydrogen-bond donors (Lipinski definition) is 0. The summed E-state index contributed by atoms with van der Waals surface area (Å²) in [5, 5.41) is 8.86. The number of aromatic nitrogens is 2. The number of unbranched alkanes of at least 4 members (excludes halogenated alkanes) is 1. The van der Waals surface area contributed by atoms with Crippen molar-refractivity contribution in [3.8, 4) is 17.0 Å². The lowest BCUT2D eigenvalue weighted by molar-refractivity contribution is -0.142. The van der Waals surface area contributed by atoms with Gasteiger partial charge in [0.1, 0.15) is 5.75 Å². The summed E-state index contributed by atoms with van der Waals surface area (Å²) in [6.07, 6.45) is 2.75. The summed E-state index contributed by atoms with van der Waals surface area (Å²) in [6, 6.07) is 11.7. The summed E-state index contributed by atoms with van der Waals surface area (Å²) in [4.78, 5) is 31.4. The number of rotatable bonds is 9. The van der Waals surface area contributed by atoms with Gasteiger partial charge < -0.3 is 19.4 Å². The van der Waals surface area contributed by atoms with Crippen LogP contribution in [-0.4, -0.2) is 78.2 Å². The van der Waals surface area contributed by atoms with Crippen LogP contribution < -0.4 is 9.64 Å². The second kappa shape index (κ2) is 12.3. The molecule has 2 aromatic rings. The molecule has 1 aliphatic rings. The Morgan fingerprint density at radius 3 is 2.41 bits per heavy atom. The molecule has 1 aliphatic heterocycles. The fraction of sp³-hybridized carbons (Fsp3) is 0.538. The molecule has 2 heterocycles. The quantitative estimate of drug-likeness (QED) is 0.562. The third-order valence-corrected chi connectivity index (χ3v) is 6.12. The smallest absolute Gasteiger partial charge is 0.242 e. The van der Waals surface area contributed by atoms with Gasteiger partial charge in [-0.2, -0.15) is 0 Å². The van der Waals surface area contributed by atoms with Crippen LogP contribution in [-0.2, 0) is 9.59 Å². The molecule has 0 N–H and O–H groups in total. The highest BCUT2D eigenvalue weighted by Crippen LogP contribution is 2.22. The molecule has 2 amide bonds. The topological polar surface area (TPSA) is 78.9 Å². The summed E-state index contributed by atoms with van der Waals surface area (Å²) in [5.41, 5.74) is 1.79. The van der Waals surface area contributed by atoms with Gasteiger partial charge in [0.2, 0.25) is 11.8 Å². The van der Waals surface area contributed by atoms with Crippen molar-refractivity contribution in [2.24, 2.45) is 5.92 Å². The molecule has 1 saturated heterocycles. The van der Waals surface area contributed by atoms with E-state index in [-0.39, 0.29) is 24.3 Å². The van der Waals surface area contributed by atoms with Crippen LogP contribution >= 0.6 is 0 Å². The first-order valence-corrected chi connectivity index (χ1v) is 12.2. The lowest BCUT2D eigenvalue weighted by Gasteiger charge is -2.28. The Kier molecular flexibility index (Phi) is 9.24. The van der Waals surface area contributed by atoms with Crippen LogP contribution in [0.3, 0.4) is 0 Å². The fourth-order valence-electron chi connectivity index (χ4n) is 4.05. The van der Waals surface area contributed by atoms with Gasteiger partial charge in [-0.3, -0.25) is 9.59 Å². The van der Waals surface area contributed by atoms with E-state index < -0.39 is 0 Å². The van der Waals surface area contributed by atoms with E-state index in [2.05, 4.69) is 22.0 Å². The minimum absolute atomic E-state index is 0.0212. The molecular formula is C26H37N5O3. The Bertz CT molecular complexity index is 930. The third-order valence-electron chi connectivity index (χ3n) is 6.12. The molecule has 0 spiro atoms. The van der Waals surface area contributed by atoms with Crippen LogP contribution in [0.1, 0.15) is 40.0 Å². The van der Waals surface area contributed by atoms with E-state index in [4.69, 9.17) is 4.74 Å². The lowest BCUT2D eigenvalue weighted by Crippen LogP contribution is -2.45. The largest absolute Gasteiger partial charge is 0.497 e. The molecule has 184 valence electrons. The highest BCUT2D eigenvalue weighted by molar-refractivity contribution is 5.85. The maximum Gasteiger partial charge on any atom is 0.242 e. The van der Waals surface area contributed by atoms with Crippen LogP contribution in [0, 0.1) is 5.92 Å². The van der Waals surface area contributed by atoms with Gasteiger partial charge in [-0.15, -0.1) is 10.2 Å². The zero-order valence-electron chi connectivity index (χ0n) is 20.9. The number of carbonyl (C=O) groups is 2. The predicted octanol–water partition coefficient (Wildman–Crippen LogP) is 3.48. The minimum atomic E-state index is -0.108. The predicted molar refractivity (Wildman–Crippen MR) is 134 cm³/mol. The monoisotopic (exact) mass is 467 g/mol. The van der Waals surface area contributed by atoms with Gasteiger partial charge in [0.15, 0.2) is 5.82 Å². The molecule has 1 aromatic heterocycles. The first-order chi connectivity index (χ1) is 16.4. The van der Waals surface area contributed by atoms with E-state index in [0.29, 0.717) is 26.2 Å². The highest BCUT2D eigenvalue weighted by atomic mass is 16.5. The van der Waals surface area contributed by atoms with Crippen molar-refractivity contribution in [1.29, 1.82) is 0 Å². The molecule has 1 fully saturated rings. The van der Waals surface area contributed by atoms with Crippen molar-refractivity contribution in [3.63, 3.8) is 0 Å². The van der Waals surface area contributed by atoms with E-state index in [1.54, 1.807) is 12.0 Å². The number of benzene rings is 1. The molecule has 1 aromatic carbocycles. The standard InChI is InChI=1S/C26H37N5O3/c1-5-6-14-31(26(33)20(2)3)19-25(32)30-16-7-15-29(17-18-30)24-13-12-23(27-28-24)21-8-10-22(34-4)11-9-21/h8-13,20H,5-7,14-19H2,1-4H3. The van der Waals surface area contributed by atoms with E-state index >= 15 is 0 Å². The number of ether oxygens (including phenoxy) is 1. The Hall–Kier alpha value is -3.16. The van der Waals surface area contributed by atoms with Crippen LogP contribution in [0.25, 0.3) is 11.3 Å². The first-order valence-electron chi connectivity index (χ1n) is 12.2. The van der Waals surface area contributed by atoms with Gasteiger partial charge in [0.25, 0.3) is 0 Å².